The van der Waals surface area contributed by atoms with Gasteiger partial charge < -0.3 is 9.15 Å². The number of rotatable bonds is 8. The summed E-state index contributed by atoms with van der Waals surface area (Å²) in [6, 6.07) is 9.55. The van der Waals surface area contributed by atoms with Crippen LogP contribution in [0.2, 0.25) is 5.02 Å². The molecule has 0 amide bonds. The number of carbonyl (C=O) groups is 1. The molecule has 8 nitrogen and oxygen atoms in total. The Hall–Kier alpha value is -3.08. The summed E-state index contributed by atoms with van der Waals surface area (Å²) >= 11 is 5.83. The topological polar surface area (TPSA) is 111 Å². The predicted octanol–water partition coefficient (Wildman–Crippen LogP) is 3.35. The highest BCUT2D eigenvalue weighted by atomic mass is 35.5. The molecule has 1 heterocycles. The van der Waals surface area contributed by atoms with Gasteiger partial charge in [-0.25, -0.2) is 22.3 Å². The van der Waals surface area contributed by atoms with Crippen molar-refractivity contribution in [2.45, 2.75) is 11.5 Å². The van der Waals surface area contributed by atoms with Gasteiger partial charge in [0, 0.05) is 17.1 Å². The third kappa shape index (κ3) is 5.09. The third-order valence-electron chi connectivity index (χ3n) is 3.76. The van der Waals surface area contributed by atoms with Crippen LogP contribution in [0.3, 0.4) is 0 Å². The van der Waals surface area contributed by atoms with Gasteiger partial charge in [-0.15, -0.1) is 16.8 Å². The van der Waals surface area contributed by atoms with E-state index in [9.17, 15) is 17.6 Å². The van der Waals surface area contributed by atoms with Gasteiger partial charge in [0.05, 0.1) is 5.56 Å². The van der Waals surface area contributed by atoms with E-state index >= 15 is 0 Å². The fourth-order valence-corrected chi connectivity index (χ4v) is 3.54. The molecule has 11 heteroatoms. The summed E-state index contributed by atoms with van der Waals surface area (Å²) in [6.45, 7) is 2.94. The molecule has 3 aromatic rings. The van der Waals surface area contributed by atoms with Crippen LogP contribution in [0.4, 0.5) is 4.39 Å². The van der Waals surface area contributed by atoms with Crippen LogP contribution in [-0.4, -0.2) is 31.1 Å². The predicted molar refractivity (Wildman–Crippen MR) is 106 cm³/mol. The minimum Gasteiger partial charge on any atom is -0.452 e. The zero-order valence-corrected chi connectivity index (χ0v) is 16.9. The van der Waals surface area contributed by atoms with Gasteiger partial charge in [0.15, 0.2) is 6.61 Å². The normalized spacial score (nSPS) is 11.3. The Morgan fingerprint density at radius 3 is 2.67 bits per heavy atom. The summed E-state index contributed by atoms with van der Waals surface area (Å²) in [5.74, 6) is -1.66. The van der Waals surface area contributed by atoms with Crippen molar-refractivity contribution in [2.75, 3.05) is 6.54 Å². The Labute approximate surface area is 176 Å². The molecule has 0 bridgehead atoms. The Kier molecular flexibility index (Phi) is 6.60. The van der Waals surface area contributed by atoms with E-state index in [-0.39, 0.29) is 30.5 Å². The van der Waals surface area contributed by atoms with E-state index in [2.05, 4.69) is 21.5 Å². The van der Waals surface area contributed by atoms with Crippen LogP contribution >= 0.6 is 11.6 Å². The van der Waals surface area contributed by atoms with E-state index in [0.717, 1.165) is 18.2 Å². The van der Waals surface area contributed by atoms with Crippen molar-refractivity contribution in [3.05, 3.63) is 77.4 Å². The fourth-order valence-electron chi connectivity index (χ4n) is 2.31. The van der Waals surface area contributed by atoms with Crippen molar-refractivity contribution >= 4 is 27.6 Å². The first-order valence-corrected chi connectivity index (χ1v) is 10.3. The van der Waals surface area contributed by atoms with E-state index in [1.54, 1.807) is 24.3 Å². The van der Waals surface area contributed by atoms with Crippen LogP contribution in [0, 0.1) is 5.82 Å². The second kappa shape index (κ2) is 9.16. The summed E-state index contributed by atoms with van der Waals surface area (Å²) in [5, 5.41) is 8.19. The summed E-state index contributed by atoms with van der Waals surface area (Å²) < 4.78 is 50.8. The van der Waals surface area contributed by atoms with Crippen LogP contribution in [0.25, 0.3) is 11.5 Å². The highest BCUT2D eigenvalue weighted by molar-refractivity contribution is 7.89. The molecule has 0 spiro atoms. The summed E-state index contributed by atoms with van der Waals surface area (Å²) in [4.78, 5) is 11.6. The van der Waals surface area contributed by atoms with Gasteiger partial charge in [-0.05, 0) is 42.5 Å². The number of aromatic nitrogens is 2. The molecule has 0 saturated heterocycles. The lowest BCUT2D eigenvalue weighted by atomic mass is 10.2. The van der Waals surface area contributed by atoms with Gasteiger partial charge >= 0.3 is 5.97 Å². The number of halogens is 2. The average molecular weight is 452 g/mol. The van der Waals surface area contributed by atoms with Crippen molar-refractivity contribution in [2.24, 2.45) is 0 Å². The fraction of sp³-hybridized carbons (Fsp3) is 0.105. The molecule has 156 valence electrons. The van der Waals surface area contributed by atoms with E-state index < -0.39 is 26.7 Å². The largest absolute Gasteiger partial charge is 0.452 e. The highest BCUT2D eigenvalue weighted by Crippen LogP contribution is 2.21. The van der Waals surface area contributed by atoms with Crippen molar-refractivity contribution in [3.8, 4) is 11.5 Å². The van der Waals surface area contributed by atoms with Gasteiger partial charge in [0.1, 0.15) is 10.7 Å². The Bertz CT molecular complexity index is 1180. The molecule has 0 aliphatic carbocycles. The Morgan fingerprint density at radius 2 is 1.97 bits per heavy atom. The van der Waals surface area contributed by atoms with Crippen LogP contribution < -0.4 is 4.72 Å². The van der Waals surface area contributed by atoms with Crippen LogP contribution in [0.1, 0.15) is 16.2 Å². The number of esters is 1. The van der Waals surface area contributed by atoms with Crippen molar-refractivity contribution in [1.82, 2.24) is 14.9 Å². The number of ether oxygens (including phenoxy) is 1. The molecule has 3 rings (SSSR count). The molecule has 0 unspecified atom stereocenters. The minimum absolute atomic E-state index is 0.0240. The summed E-state index contributed by atoms with van der Waals surface area (Å²) in [7, 11) is -4.16. The average Bonchev–Trinajstić information content (AvgIpc) is 3.20. The summed E-state index contributed by atoms with van der Waals surface area (Å²) in [6.07, 6.45) is 1.30. The number of nitrogens with zero attached hydrogens (tertiary/aromatic N) is 2. The van der Waals surface area contributed by atoms with Crippen LogP contribution in [0.15, 0.2) is 64.4 Å². The highest BCUT2D eigenvalue weighted by Gasteiger charge is 2.21. The lowest BCUT2D eigenvalue weighted by Gasteiger charge is -2.08. The van der Waals surface area contributed by atoms with E-state index in [1.165, 1.54) is 6.08 Å². The first-order chi connectivity index (χ1) is 14.3. The Morgan fingerprint density at radius 1 is 1.23 bits per heavy atom. The van der Waals surface area contributed by atoms with E-state index in [1.807, 2.05) is 0 Å². The SMILES string of the molecule is C=CCNS(=O)(=O)c1cc(C(=O)OCc2nnc(-c3ccc(Cl)cc3)o2)ccc1F. The van der Waals surface area contributed by atoms with Crippen molar-refractivity contribution in [3.63, 3.8) is 0 Å². The monoisotopic (exact) mass is 451 g/mol. The smallest absolute Gasteiger partial charge is 0.338 e. The molecule has 1 N–H and O–H groups in total. The molecule has 30 heavy (non-hydrogen) atoms. The first kappa shape index (κ1) is 21.6. The van der Waals surface area contributed by atoms with Crippen LogP contribution in [0.5, 0.6) is 0 Å². The number of hydrogen-bond donors (Lipinski definition) is 1. The van der Waals surface area contributed by atoms with Gasteiger partial charge in [-0.2, -0.15) is 0 Å². The minimum atomic E-state index is -4.16. The maximum Gasteiger partial charge on any atom is 0.338 e. The summed E-state index contributed by atoms with van der Waals surface area (Å²) in [5.41, 5.74) is 0.470. The molecule has 0 fully saturated rings. The van der Waals surface area contributed by atoms with Crippen molar-refractivity contribution < 1.29 is 26.8 Å². The molecule has 0 saturated carbocycles. The third-order valence-corrected chi connectivity index (χ3v) is 5.45. The molecule has 0 aliphatic rings. The zero-order valence-electron chi connectivity index (χ0n) is 15.3. The second-order valence-corrected chi connectivity index (χ2v) is 8.04. The molecule has 1 aromatic heterocycles. The lowest BCUT2D eigenvalue weighted by Crippen LogP contribution is -2.25. The number of benzene rings is 2. The maximum atomic E-state index is 14.0. The molecular weight excluding hydrogens is 437 g/mol. The Balaban J connectivity index is 1.70. The lowest BCUT2D eigenvalue weighted by molar-refractivity contribution is 0.0438. The quantitative estimate of drug-likeness (QED) is 0.413. The van der Waals surface area contributed by atoms with Gasteiger partial charge in [-0.1, -0.05) is 17.7 Å². The van der Waals surface area contributed by atoms with E-state index in [0.29, 0.717) is 10.6 Å². The second-order valence-electron chi connectivity index (χ2n) is 5.87. The molecule has 0 atom stereocenters. The van der Waals surface area contributed by atoms with Gasteiger partial charge in [0.25, 0.3) is 5.89 Å². The zero-order chi connectivity index (χ0) is 21.7. The number of sulfonamides is 1. The maximum absolute atomic E-state index is 14.0. The molecular formula is C19H15ClFN3O5S. The molecule has 0 aliphatic heterocycles. The number of hydrogen-bond acceptors (Lipinski definition) is 7. The van der Waals surface area contributed by atoms with Gasteiger partial charge in [-0.3, -0.25) is 0 Å². The number of carbonyl (C=O) groups excluding carboxylic acids is 1. The van der Waals surface area contributed by atoms with Crippen molar-refractivity contribution in [1.29, 1.82) is 0 Å². The van der Waals surface area contributed by atoms with Gasteiger partial charge in [0.2, 0.25) is 15.9 Å². The molecule has 2 aromatic carbocycles. The van der Waals surface area contributed by atoms with Crippen LogP contribution in [-0.2, 0) is 21.4 Å². The van der Waals surface area contributed by atoms with E-state index in [4.69, 9.17) is 20.8 Å². The standard InChI is InChI=1S/C19H15ClFN3O5S/c1-2-9-22-30(26,27)16-10-13(5-8-15(16)21)19(25)28-11-17-23-24-18(29-17)12-3-6-14(20)7-4-12/h2-8,10,22H,1,9,11H2. The number of nitrogens with one attached hydrogen (secondary N) is 1. The first-order valence-electron chi connectivity index (χ1n) is 8.45. The molecule has 0 radical (unpaired) electrons.